The maximum Gasteiger partial charge on any atom is 0.114 e. The van der Waals surface area contributed by atoms with Gasteiger partial charge >= 0.3 is 0 Å². The number of anilines is 1. The molecule has 2 N–H and O–H groups in total. The van der Waals surface area contributed by atoms with Crippen LogP contribution in [-0.4, -0.2) is 0 Å². The van der Waals surface area contributed by atoms with E-state index in [1.54, 1.807) is 12.1 Å². The molecule has 4 heteroatoms. The highest BCUT2D eigenvalue weighted by atomic mass is 16.5. The summed E-state index contributed by atoms with van der Waals surface area (Å²) in [6.45, 7) is 0.936. The second-order valence-electron chi connectivity index (χ2n) is 2.72. The molecular formula is C8H8N2O2. The Kier molecular flexibility index (Phi) is 1.55. The van der Waals surface area contributed by atoms with Gasteiger partial charge in [-0.05, 0) is 17.3 Å². The van der Waals surface area contributed by atoms with Crippen molar-refractivity contribution in [1.29, 1.82) is 0 Å². The van der Waals surface area contributed by atoms with Crippen LogP contribution in [0, 0.1) is 4.91 Å². The highest BCUT2D eigenvalue weighted by Crippen LogP contribution is 2.32. The van der Waals surface area contributed by atoms with E-state index in [2.05, 4.69) is 5.18 Å². The molecule has 0 saturated heterocycles. The maximum absolute atomic E-state index is 10.3. The Labute approximate surface area is 69.3 Å². The molecule has 0 aromatic heterocycles. The van der Waals surface area contributed by atoms with Gasteiger partial charge in [0.25, 0.3) is 0 Å². The molecule has 0 atom stereocenters. The zero-order chi connectivity index (χ0) is 8.55. The predicted octanol–water partition coefficient (Wildman–Crippen LogP) is 1.70. The molecule has 0 radical (unpaired) electrons. The van der Waals surface area contributed by atoms with Crippen molar-refractivity contribution in [1.82, 2.24) is 0 Å². The minimum atomic E-state index is 0.441. The van der Waals surface area contributed by atoms with Gasteiger partial charge in [-0.15, -0.1) is 4.91 Å². The van der Waals surface area contributed by atoms with Crippen molar-refractivity contribution >= 4 is 11.4 Å². The van der Waals surface area contributed by atoms with Gasteiger partial charge in [0.05, 0.1) is 13.2 Å². The summed E-state index contributed by atoms with van der Waals surface area (Å²) >= 11 is 0. The molecule has 0 aliphatic carbocycles. The zero-order valence-electron chi connectivity index (χ0n) is 6.41. The third kappa shape index (κ3) is 0.887. The number of hydrogen-bond acceptors (Lipinski definition) is 4. The molecule has 0 amide bonds. The fourth-order valence-corrected chi connectivity index (χ4v) is 1.37. The number of rotatable bonds is 1. The lowest BCUT2D eigenvalue weighted by molar-refractivity contribution is 0.135. The van der Waals surface area contributed by atoms with Gasteiger partial charge in [0.2, 0.25) is 0 Å². The Morgan fingerprint density at radius 1 is 1.33 bits per heavy atom. The highest BCUT2D eigenvalue weighted by Gasteiger charge is 2.18. The number of nitrogens with zero attached hydrogens (tertiary/aromatic N) is 1. The lowest BCUT2D eigenvalue weighted by Crippen LogP contribution is -1.92. The summed E-state index contributed by atoms with van der Waals surface area (Å²) in [5, 5.41) is 2.90. The van der Waals surface area contributed by atoms with Crippen LogP contribution in [-0.2, 0) is 18.0 Å². The average Bonchev–Trinajstić information content (AvgIpc) is 2.54. The lowest BCUT2D eigenvalue weighted by Gasteiger charge is -2.01. The van der Waals surface area contributed by atoms with Crippen LogP contribution in [0.1, 0.15) is 11.1 Å². The molecule has 1 aromatic rings. The fraction of sp³-hybridized carbons (Fsp3) is 0.250. The van der Waals surface area contributed by atoms with Crippen LogP contribution in [0.2, 0.25) is 0 Å². The van der Waals surface area contributed by atoms with E-state index in [4.69, 9.17) is 10.5 Å². The van der Waals surface area contributed by atoms with Crippen LogP contribution >= 0.6 is 0 Å². The monoisotopic (exact) mass is 164 g/mol. The Bertz CT molecular complexity index is 336. The molecule has 1 heterocycles. The molecule has 1 aliphatic rings. The van der Waals surface area contributed by atoms with Gasteiger partial charge in [-0.3, -0.25) is 0 Å². The van der Waals surface area contributed by atoms with Gasteiger partial charge in [-0.2, -0.15) is 0 Å². The smallest absolute Gasteiger partial charge is 0.114 e. The molecule has 0 saturated carbocycles. The van der Waals surface area contributed by atoms with Crippen LogP contribution in [0.4, 0.5) is 11.4 Å². The molecule has 4 nitrogen and oxygen atoms in total. The van der Waals surface area contributed by atoms with E-state index in [0.717, 1.165) is 11.1 Å². The predicted molar refractivity (Wildman–Crippen MR) is 44.8 cm³/mol. The summed E-state index contributed by atoms with van der Waals surface area (Å²) in [5.41, 5.74) is 8.54. The van der Waals surface area contributed by atoms with E-state index in [9.17, 15) is 4.91 Å². The standard InChI is InChI=1S/C8H8N2O2/c9-7-1-2-8(10-11)6-4-12-3-5(6)7/h1-2H,3-4,9H2. The largest absolute Gasteiger partial charge is 0.398 e. The first-order chi connectivity index (χ1) is 5.83. The maximum atomic E-state index is 10.3. The van der Waals surface area contributed by atoms with Gasteiger partial charge < -0.3 is 10.5 Å². The number of nitrogen functional groups attached to an aromatic ring is 1. The number of fused-ring (bicyclic) bond motifs is 1. The molecule has 0 fully saturated rings. The summed E-state index contributed by atoms with van der Waals surface area (Å²) in [5.74, 6) is 0. The van der Waals surface area contributed by atoms with Crippen molar-refractivity contribution in [2.75, 3.05) is 5.73 Å². The van der Waals surface area contributed by atoms with Crippen molar-refractivity contribution in [2.45, 2.75) is 13.2 Å². The Hall–Kier alpha value is -1.42. The molecule has 1 aromatic carbocycles. The van der Waals surface area contributed by atoms with E-state index in [-0.39, 0.29) is 0 Å². The van der Waals surface area contributed by atoms with Gasteiger partial charge in [0.1, 0.15) is 5.69 Å². The Morgan fingerprint density at radius 2 is 2.08 bits per heavy atom. The minimum absolute atomic E-state index is 0.441. The molecule has 12 heavy (non-hydrogen) atoms. The van der Waals surface area contributed by atoms with E-state index in [1.165, 1.54) is 0 Å². The second-order valence-corrected chi connectivity index (χ2v) is 2.72. The fourth-order valence-electron chi connectivity index (χ4n) is 1.37. The molecule has 0 spiro atoms. The third-order valence-corrected chi connectivity index (χ3v) is 2.03. The summed E-state index contributed by atoms with van der Waals surface area (Å²) < 4.78 is 5.16. The summed E-state index contributed by atoms with van der Waals surface area (Å²) in [6.07, 6.45) is 0. The van der Waals surface area contributed by atoms with Gasteiger partial charge in [-0.25, -0.2) is 0 Å². The first-order valence-corrected chi connectivity index (χ1v) is 3.64. The van der Waals surface area contributed by atoms with Crippen LogP contribution in [0.25, 0.3) is 0 Å². The van der Waals surface area contributed by atoms with Crippen molar-refractivity contribution in [2.24, 2.45) is 5.18 Å². The molecular weight excluding hydrogens is 156 g/mol. The van der Waals surface area contributed by atoms with Gasteiger partial charge in [0, 0.05) is 16.8 Å². The summed E-state index contributed by atoms with van der Waals surface area (Å²) in [6, 6.07) is 3.31. The number of nitroso groups, excluding NO2 is 1. The van der Waals surface area contributed by atoms with Crippen molar-refractivity contribution in [3.05, 3.63) is 28.2 Å². The van der Waals surface area contributed by atoms with Crippen LogP contribution in [0.3, 0.4) is 0 Å². The van der Waals surface area contributed by atoms with Crippen molar-refractivity contribution in [3.8, 4) is 0 Å². The second kappa shape index (κ2) is 2.57. The van der Waals surface area contributed by atoms with Crippen LogP contribution in [0.5, 0.6) is 0 Å². The number of benzene rings is 1. The summed E-state index contributed by atoms with van der Waals surface area (Å²) in [4.78, 5) is 10.3. The van der Waals surface area contributed by atoms with Crippen molar-refractivity contribution < 1.29 is 4.74 Å². The Morgan fingerprint density at radius 3 is 2.83 bits per heavy atom. The van der Waals surface area contributed by atoms with Crippen LogP contribution < -0.4 is 5.73 Å². The molecule has 62 valence electrons. The number of hydrogen-bond donors (Lipinski definition) is 1. The normalized spacial score (nSPS) is 14.3. The van der Waals surface area contributed by atoms with E-state index in [1.807, 2.05) is 0 Å². The number of ether oxygens (including phenoxy) is 1. The minimum Gasteiger partial charge on any atom is -0.398 e. The third-order valence-electron chi connectivity index (χ3n) is 2.03. The zero-order valence-corrected chi connectivity index (χ0v) is 6.41. The Balaban J connectivity index is 2.64. The van der Waals surface area contributed by atoms with Crippen LogP contribution in [0.15, 0.2) is 17.3 Å². The first kappa shape index (κ1) is 7.24. The molecule has 2 rings (SSSR count). The van der Waals surface area contributed by atoms with E-state index >= 15 is 0 Å². The molecule has 1 aliphatic heterocycles. The van der Waals surface area contributed by atoms with E-state index in [0.29, 0.717) is 24.6 Å². The first-order valence-electron chi connectivity index (χ1n) is 3.64. The molecule has 0 bridgehead atoms. The van der Waals surface area contributed by atoms with E-state index < -0.39 is 0 Å². The van der Waals surface area contributed by atoms with Gasteiger partial charge in [0.15, 0.2) is 0 Å². The topological polar surface area (TPSA) is 64.7 Å². The lowest BCUT2D eigenvalue weighted by atomic mass is 10.1. The van der Waals surface area contributed by atoms with Gasteiger partial charge in [-0.1, -0.05) is 0 Å². The summed E-state index contributed by atoms with van der Waals surface area (Å²) in [7, 11) is 0. The quantitative estimate of drug-likeness (QED) is 0.507. The number of nitrogens with two attached hydrogens (primary N) is 1. The average molecular weight is 164 g/mol. The molecule has 0 unspecified atom stereocenters. The SMILES string of the molecule is Nc1ccc(N=O)c2c1COC2. The van der Waals surface area contributed by atoms with Crippen molar-refractivity contribution in [3.63, 3.8) is 0 Å². The highest BCUT2D eigenvalue weighted by molar-refractivity contribution is 5.62.